The molecule has 0 aliphatic carbocycles. The van der Waals surface area contributed by atoms with Crippen LogP contribution in [0.2, 0.25) is 0 Å². The predicted octanol–water partition coefficient (Wildman–Crippen LogP) is -0.374. The van der Waals surface area contributed by atoms with E-state index in [4.69, 9.17) is 14.5 Å². The number of aromatic nitrogens is 4. The molecule has 2 aromatic heterocycles. The van der Waals surface area contributed by atoms with E-state index in [1.807, 2.05) is 0 Å². The van der Waals surface area contributed by atoms with Crippen molar-refractivity contribution in [3.63, 3.8) is 0 Å². The normalized spacial score (nSPS) is 25.1. The zero-order chi connectivity index (χ0) is 16.6. The first-order valence-corrected chi connectivity index (χ1v) is 8.31. The lowest BCUT2D eigenvalue weighted by molar-refractivity contribution is -0.0481. The van der Waals surface area contributed by atoms with Crippen molar-refractivity contribution in [3.8, 4) is 0 Å². The Balaban J connectivity index is 1.81. The second kappa shape index (κ2) is 6.11. The zero-order valence-electron chi connectivity index (χ0n) is 12.1. The van der Waals surface area contributed by atoms with Crippen molar-refractivity contribution in [2.24, 2.45) is 0 Å². The van der Waals surface area contributed by atoms with E-state index in [-0.39, 0.29) is 13.0 Å². The van der Waals surface area contributed by atoms with Crippen molar-refractivity contribution in [1.29, 1.82) is 0 Å². The van der Waals surface area contributed by atoms with Gasteiger partial charge in [0.2, 0.25) is 0 Å². The third-order valence-electron chi connectivity index (χ3n) is 3.46. The summed E-state index contributed by atoms with van der Waals surface area (Å²) in [6.07, 6.45) is 0.706. The number of fused-ring (bicyclic) bond motifs is 1. The summed E-state index contributed by atoms with van der Waals surface area (Å²) in [6.45, 7) is -0.318. The maximum absolute atomic E-state index is 10.7. The molecule has 1 aliphatic heterocycles. The molecule has 1 aliphatic rings. The third-order valence-corrected chi connectivity index (χ3v) is 3.95. The molecule has 3 heterocycles. The minimum Gasteiger partial charge on any atom is -0.388 e. The molecule has 0 amide bonds. The fourth-order valence-electron chi connectivity index (χ4n) is 2.49. The van der Waals surface area contributed by atoms with Crippen LogP contribution in [-0.2, 0) is 13.8 Å². The Morgan fingerprint density at radius 2 is 2.26 bits per heavy atom. The summed E-state index contributed by atoms with van der Waals surface area (Å²) in [5.41, 5.74) is 1.01. The number of imidazole rings is 1. The smallest absolute Gasteiger partial charge is 0.388 e. The Kier molecular flexibility index (Phi) is 4.32. The first-order chi connectivity index (χ1) is 10.9. The minimum atomic E-state index is -4.58. The quantitative estimate of drug-likeness (QED) is 0.528. The van der Waals surface area contributed by atoms with Gasteiger partial charge in [0.15, 0.2) is 17.7 Å². The van der Waals surface area contributed by atoms with Gasteiger partial charge in [0.25, 0.3) is 0 Å². The van der Waals surface area contributed by atoms with Crippen molar-refractivity contribution in [3.05, 3.63) is 12.7 Å². The summed E-state index contributed by atoms with van der Waals surface area (Å²) in [7, 11) is -2.87. The van der Waals surface area contributed by atoms with Gasteiger partial charge in [0, 0.05) is 13.5 Å². The van der Waals surface area contributed by atoms with E-state index in [0.29, 0.717) is 17.0 Å². The summed E-state index contributed by atoms with van der Waals surface area (Å²) < 4.78 is 22.3. The van der Waals surface area contributed by atoms with E-state index in [9.17, 15) is 9.67 Å². The Labute approximate surface area is 130 Å². The number of phosphoric acid groups is 1. The lowest BCUT2D eigenvalue weighted by atomic mass is 10.2. The third kappa shape index (κ3) is 3.34. The summed E-state index contributed by atoms with van der Waals surface area (Å²) >= 11 is 0. The van der Waals surface area contributed by atoms with Gasteiger partial charge in [-0.05, 0) is 0 Å². The molecule has 1 saturated heterocycles. The Hall–Kier alpha value is -1.62. The van der Waals surface area contributed by atoms with Crippen LogP contribution < -0.4 is 5.32 Å². The molecule has 23 heavy (non-hydrogen) atoms. The SMILES string of the molecule is CNc1ncnc2c1ncn2[C@@H]1OC(COP(=O)(O)O)C[C@H]1O. The number of phosphoric ester groups is 1. The van der Waals surface area contributed by atoms with Crippen molar-refractivity contribution in [1.82, 2.24) is 19.5 Å². The van der Waals surface area contributed by atoms with Gasteiger partial charge in [-0.15, -0.1) is 0 Å². The van der Waals surface area contributed by atoms with E-state index >= 15 is 0 Å². The Bertz CT molecular complexity index is 748. The molecule has 0 saturated carbocycles. The Morgan fingerprint density at radius 3 is 2.96 bits per heavy atom. The molecule has 11 nitrogen and oxygen atoms in total. The number of aliphatic hydroxyl groups is 1. The van der Waals surface area contributed by atoms with Gasteiger partial charge in [-0.3, -0.25) is 9.09 Å². The van der Waals surface area contributed by atoms with E-state index < -0.39 is 26.3 Å². The molecule has 126 valence electrons. The molecule has 3 atom stereocenters. The summed E-state index contributed by atoms with van der Waals surface area (Å²) in [5.74, 6) is 0.544. The van der Waals surface area contributed by atoms with Gasteiger partial charge in [-0.1, -0.05) is 0 Å². The predicted molar refractivity (Wildman–Crippen MR) is 77.4 cm³/mol. The number of hydrogen-bond donors (Lipinski definition) is 4. The summed E-state index contributed by atoms with van der Waals surface area (Å²) in [5, 5.41) is 13.1. The summed E-state index contributed by atoms with van der Waals surface area (Å²) in [6, 6.07) is 0. The van der Waals surface area contributed by atoms with Gasteiger partial charge < -0.3 is 24.9 Å². The lowest BCUT2D eigenvalue weighted by Crippen LogP contribution is -2.19. The highest BCUT2D eigenvalue weighted by molar-refractivity contribution is 7.46. The highest BCUT2D eigenvalue weighted by atomic mass is 31.2. The molecule has 0 bridgehead atoms. The molecule has 4 N–H and O–H groups in total. The van der Waals surface area contributed by atoms with Crippen LogP contribution in [0.3, 0.4) is 0 Å². The number of rotatable bonds is 5. The number of nitrogens with one attached hydrogen (secondary N) is 1. The molecule has 0 spiro atoms. The molecular formula is C11H16N5O6P. The van der Waals surface area contributed by atoms with Crippen molar-refractivity contribution in [2.45, 2.75) is 24.9 Å². The first kappa shape index (κ1) is 16.2. The standard InChI is InChI=1S/C11H16N5O6P/c1-12-9-8-10(14-4-13-9)16(5-15-8)11-7(17)2-6(22-11)3-21-23(18,19)20/h4-7,11,17H,2-3H2,1H3,(H,12,13,14)(H2,18,19,20)/t6?,7-,11-/m1/s1. The number of hydrogen-bond acceptors (Lipinski definition) is 8. The molecule has 3 rings (SSSR count). The molecule has 12 heteroatoms. The highest BCUT2D eigenvalue weighted by Gasteiger charge is 2.37. The monoisotopic (exact) mass is 345 g/mol. The van der Waals surface area contributed by atoms with Gasteiger partial charge >= 0.3 is 7.82 Å². The van der Waals surface area contributed by atoms with Gasteiger partial charge in [-0.25, -0.2) is 19.5 Å². The molecule has 1 fully saturated rings. The van der Waals surface area contributed by atoms with E-state index in [1.165, 1.54) is 12.7 Å². The average molecular weight is 345 g/mol. The van der Waals surface area contributed by atoms with Gasteiger partial charge in [0.05, 0.1) is 19.0 Å². The van der Waals surface area contributed by atoms with Gasteiger partial charge in [0.1, 0.15) is 17.9 Å². The van der Waals surface area contributed by atoms with Crippen LogP contribution in [0.15, 0.2) is 12.7 Å². The number of anilines is 1. The highest BCUT2D eigenvalue weighted by Crippen LogP contribution is 2.38. The molecule has 1 unspecified atom stereocenters. The molecule has 2 aromatic rings. The lowest BCUT2D eigenvalue weighted by Gasteiger charge is -2.17. The maximum atomic E-state index is 10.7. The van der Waals surface area contributed by atoms with E-state index in [1.54, 1.807) is 11.6 Å². The first-order valence-electron chi connectivity index (χ1n) is 6.78. The Morgan fingerprint density at radius 1 is 1.48 bits per heavy atom. The molecule has 0 radical (unpaired) electrons. The van der Waals surface area contributed by atoms with E-state index in [0.717, 1.165) is 0 Å². The van der Waals surface area contributed by atoms with Crippen LogP contribution in [0.5, 0.6) is 0 Å². The zero-order valence-corrected chi connectivity index (χ0v) is 13.0. The number of nitrogens with zero attached hydrogens (tertiary/aromatic N) is 4. The second-order valence-corrected chi connectivity index (χ2v) is 6.27. The minimum absolute atomic E-state index is 0.175. The number of aliphatic hydroxyl groups excluding tert-OH is 1. The topological polar surface area (TPSA) is 152 Å². The fourth-order valence-corrected chi connectivity index (χ4v) is 2.85. The number of ether oxygens (including phenoxy) is 1. The van der Waals surface area contributed by atoms with Gasteiger partial charge in [-0.2, -0.15) is 0 Å². The van der Waals surface area contributed by atoms with Crippen LogP contribution in [0.1, 0.15) is 12.6 Å². The fraction of sp³-hybridized carbons (Fsp3) is 0.545. The van der Waals surface area contributed by atoms with Crippen LogP contribution in [-0.4, -0.2) is 60.3 Å². The molecule has 0 aromatic carbocycles. The van der Waals surface area contributed by atoms with Crippen molar-refractivity contribution < 1.29 is 28.7 Å². The van der Waals surface area contributed by atoms with Crippen molar-refractivity contribution >= 4 is 24.8 Å². The van der Waals surface area contributed by atoms with Crippen LogP contribution >= 0.6 is 7.82 Å². The average Bonchev–Trinajstić information content (AvgIpc) is 3.07. The van der Waals surface area contributed by atoms with E-state index in [2.05, 4.69) is 24.8 Å². The summed E-state index contributed by atoms with van der Waals surface area (Å²) in [4.78, 5) is 29.8. The largest absolute Gasteiger partial charge is 0.469 e. The second-order valence-electron chi connectivity index (χ2n) is 5.03. The maximum Gasteiger partial charge on any atom is 0.469 e. The van der Waals surface area contributed by atoms with Crippen molar-refractivity contribution in [2.75, 3.05) is 19.0 Å². The molecular weight excluding hydrogens is 329 g/mol. The van der Waals surface area contributed by atoms with Crippen LogP contribution in [0.25, 0.3) is 11.2 Å². The van der Waals surface area contributed by atoms with Crippen LogP contribution in [0.4, 0.5) is 5.82 Å². The van der Waals surface area contributed by atoms with Crippen LogP contribution in [0, 0.1) is 0 Å².